The molecular weight excluding hydrogens is 333 g/mol. The molecule has 0 aliphatic rings. The number of ketones is 1. The van der Waals surface area contributed by atoms with Gasteiger partial charge in [0.15, 0.2) is 6.61 Å². The average Bonchev–Trinajstić information content (AvgIpc) is 3.09. The van der Waals surface area contributed by atoms with Crippen LogP contribution < -0.4 is 0 Å². The van der Waals surface area contributed by atoms with E-state index >= 15 is 0 Å². The highest BCUT2D eigenvalue weighted by Crippen LogP contribution is 2.22. The van der Waals surface area contributed by atoms with Crippen molar-refractivity contribution >= 4 is 28.7 Å². The summed E-state index contributed by atoms with van der Waals surface area (Å²) in [5, 5.41) is 0.812. The number of nitrogens with one attached hydrogen (secondary N) is 1. The monoisotopic (exact) mass is 351 g/mol. The summed E-state index contributed by atoms with van der Waals surface area (Å²) >= 11 is 0. The lowest BCUT2D eigenvalue weighted by molar-refractivity contribution is -0.136. The van der Waals surface area contributed by atoms with E-state index in [-0.39, 0.29) is 18.0 Å². The van der Waals surface area contributed by atoms with Crippen LogP contribution in [0.1, 0.15) is 28.4 Å². The smallest absolute Gasteiger partial charge is 0.331 e. The number of aromatic nitrogens is 1. The van der Waals surface area contributed by atoms with Crippen LogP contribution in [0.2, 0.25) is 0 Å². The van der Waals surface area contributed by atoms with Gasteiger partial charge in [0, 0.05) is 34.3 Å². The van der Waals surface area contributed by atoms with Gasteiger partial charge in [-0.15, -0.1) is 0 Å². The Bertz CT molecular complexity index is 988. The number of benzene rings is 2. The molecule has 132 valence electrons. The summed E-state index contributed by atoms with van der Waals surface area (Å²) in [6.07, 6.45) is 4.91. The van der Waals surface area contributed by atoms with Gasteiger partial charge >= 0.3 is 5.97 Å². The van der Waals surface area contributed by atoms with Gasteiger partial charge in [-0.25, -0.2) is 9.18 Å². The van der Waals surface area contributed by atoms with Crippen LogP contribution in [-0.2, 0) is 16.0 Å². The number of rotatable bonds is 6. The number of carbonyl (C=O) groups excluding carboxylic acids is 2. The predicted molar refractivity (Wildman–Crippen MR) is 98.4 cm³/mol. The van der Waals surface area contributed by atoms with Gasteiger partial charge < -0.3 is 9.72 Å². The van der Waals surface area contributed by atoms with E-state index < -0.39 is 11.8 Å². The number of carbonyl (C=O) groups is 2. The summed E-state index contributed by atoms with van der Waals surface area (Å²) in [5.41, 5.74) is 2.80. The summed E-state index contributed by atoms with van der Waals surface area (Å²) in [4.78, 5) is 27.3. The normalized spacial score (nSPS) is 11.2. The SMILES string of the molecule is CCc1cccc2c(C(=O)COC(=O)/C=C/c3ccccc3F)c[nH]c12. The number of hydrogen-bond donors (Lipinski definition) is 1. The molecule has 1 heterocycles. The van der Waals surface area contributed by atoms with Crippen LogP contribution in [0.15, 0.2) is 54.7 Å². The van der Waals surface area contributed by atoms with Gasteiger partial charge in [-0.3, -0.25) is 4.79 Å². The molecule has 3 rings (SSSR count). The summed E-state index contributed by atoms with van der Waals surface area (Å²) in [7, 11) is 0. The van der Waals surface area contributed by atoms with E-state index in [4.69, 9.17) is 4.74 Å². The van der Waals surface area contributed by atoms with E-state index in [0.717, 1.165) is 29.0 Å². The first-order valence-electron chi connectivity index (χ1n) is 8.31. The van der Waals surface area contributed by atoms with Crippen LogP contribution in [0.25, 0.3) is 17.0 Å². The van der Waals surface area contributed by atoms with Crippen molar-refractivity contribution in [3.8, 4) is 0 Å². The zero-order valence-electron chi connectivity index (χ0n) is 14.3. The molecule has 0 fully saturated rings. The second-order valence-electron chi connectivity index (χ2n) is 5.78. The number of para-hydroxylation sites is 1. The Morgan fingerprint density at radius 3 is 2.73 bits per heavy atom. The maximum absolute atomic E-state index is 13.5. The number of hydrogen-bond acceptors (Lipinski definition) is 3. The van der Waals surface area contributed by atoms with Crippen molar-refractivity contribution in [3.05, 3.63) is 77.2 Å². The third-order valence-corrected chi connectivity index (χ3v) is 4.13. The zero-order chi connectivity index (χ0) is 18.5. The van der Waals surface area contributed by atoms with Gasteiger partial charge in [0.05, 0.1) is 0 Å². The number of halogens is 1. The topological polar surface area (TPSA) is 59.2 Å². The quantitative estimate of drug-likeness (QED) is 0.409. The molecule has 1 N–H and O–H groups in total. The fraction of sp³-hybridized carbons (Fsp3) is 0.143. The van der Waals surface area contributed by atoms with Gasteiger partial charge in [-0.1, -0.05) is 43.3 Å². The highest BCUT2D eigenvalue weighted by Gasteiger charge is 2.14. The molecule has 0 bridgehead atoms. The van der Waals surface area contributed by atoms with E-state index in [1.54, 1.807) is 24.4 Å². The van der Waals surface area contributed by atoms with E-state index in [2.05, 4.69) is 4.98 Å². The number of aryl methyl sites for hydroxylation is 1. The summed E-state index contributed by atoms with van der Waals surface area (Å²) < 4.78 is 18.5. The summed E-state index contributed by atoms with van der Waals surface area (Å²) in [5.74, 6) is -1.43. The second-order valence-corrected chi connectivity index (χ2v) is 5.78. The lowest BCUT2D eigenvalue weighted by atomic mass is 10.1. The molecule has 0 atom stereocenters. The van der Waals surface area contributed by atoms with Gasteiger partial charge in [-0.2, -0.15) is 0 Å². The molecule has 0 aliphatic heterocycles. The van der Waals surface area contributed by atoms with Crippen molar-refractivity contribution in [2.75, 3.05) is 6.61 Å². The molecule has 4 nitrogen and oxygen atoms in total. The van der Waals surface area contributed by atoms with Crippen LogP contribution in [0.4, 0.5) is 4.39 Å². The Morgan fingerprint density at radius 1 is 1.15 bits per heavy atom. The highest BCUT2D eigenvalue weighted by atomic mass is 19.1. The van der Waals surface area contributed by atoms with Gasteiger partial charge in [0.1, 0.15) is 5.82 Å². The van der Waals surface area contributed by atoms with Crippen molar-refractivity contribution in [1.29, 1.82) is 0 Å². The van der Waals surface area contributed by atoms with Crippen LogP contribution in [0, 0.1) is 5.82 Å². The van der Waals surface area contributed by atoms with Crippen molar-refractivity contribution in [2.24, 2.45) is 0 Å². The van der Waals surface area contributed by atoms with Crippen LogP contribution in [0.5, 0.6) is 0 Å². The Hall–Kier alpha value is -3.21. The molecule has 2 aromatic carbocycles. The van der Waals surface area contributed by atoms with E-state index in [0.29, 0.717) is 5.56 Å². The minimum atomic E-state index is -0.698. The molecule has 0 radical (unpaired) electrons. The van der Waals surface area contributed by atoms with Gasteiger partial charge in [0.2, 0.25) is 5.78 Å². The van der Waals surface area contributed by atoms with Gasteiger partial charge in [0.25, 0.3) is 0 Å². The Labute approximate surface area is 150 Å². The number of Topliss-reactive ketones (excluding diaryl/α,β-unsaturated/α-hetero) is 1. The minimum absolute atomic E-state index is 0.277. The minimum Gasteiger partial charge on any atom is -0.454 e. The zero-order valence-corrected chi connectivity index (χ0v) is 14.3. The Balaban J connectivity index is 1.66. The molecule has 3 aromatic rings. The standard InChI is InChI=1S/C21H18FNO3/c1-2-14-7-5-8-16-17(12-23-21(14)16)19(24)13-26-20(25)11-10-15-6-3-4-9-18(15)22/h3-12,23H,2,13H2,1H3/b11-10+. The fourth-order valence-electron chi connectivity index (χ4n) is 2.77. The number of fused-ring (bicyclic) bond motifs is 1. The molecule has 1 aromatic heterocycles. The molecule has 0 saturated carbocycles. The maximum Gasteiger partial charge on any atom is 0.331 e. The third kappa shape index (κ3) is 3.72. The van der Waals surface area contributed by atoms with Crippen molar-refractivity contribution < 1.29 is 18.7 Å². The molecule has 26 heavy (non-hydrogen) atoms. The lowest BCUT2D eigenvalue weighted by Crippen LogP contribution is -2.12. The van der Waals surface area contributed by atoms with Crippen molar-refractivity contribution in [3.63, 3.8) is 0 Å². The molecular formula is C21H18FNO3. The second kappa shape index (κ2) is 7.78. The van der Waals surface area contributed by atoms with Crippen molar-refractivity contribution in [1.82, 2.24) is 4.98 Å². The van der Waals surface area contributed by atoms with E-state index in [9.17, 15) is 14.0 Å². The number of H-pyrrole nitrogens is 1. The molecule has 0 aliphatic carbocycles. The van der Waals surface area contributed by atoms with Gasteiger partial charge in [-0.05, 0) is 24.1 Å². The highest BCUT2D eigenvalue weighted by molar-refractivity contribution is 6.09. The Kier molecular flexibility index (Phi) is 5.27. The molecule has 0 spiro atoms. The van der Waals surface area contributed by atoms with Crippen LogP contribution in [-0.4, -0.2) is 23.3 Å². The lowest BCUT2D eigenvalue weighted by Gasteiger charge is -2.02. The van der Waals surface area contributed by atoms with Crippen molar-refractivity contribution in [2.45, 2.75) is 13.3 Å². The Morgan fingerprint density at radius 2 is 1.96 bits per heavy atom. The molecule has 0 unspecified atom stereocenters. The van der Waals surface area contributed by atoms with Crippen LogP contribution >= 0.6 is 0 Å². The molecule has 0 saturated heterocycles. The fourth-order valence-corrected chi connectivity index (χ4v) is 2.77. The van der Waals surface area contributed by atoms with E-state index in [1.165, 1.54) is 12.1 Å². The largest absolute Gasteiger partial charge is 0.454 e. The number of aromatic amines is 1. The number of ether oxygens (including phenoxy) is 1. The first kappa shape index (κ1) is 17.6. The first-order valence-corrected chi connectivity index (χ1v) is 8.31. The maximum atomic E-state index is 13.5. The summed E-state index contributed by atoms with van der Waals surface area (Å²) in [6, 6.07) is 11.8. The summed E-state index contributed by atoms with van der Waals surface area (Å²) in [6.45, 7) is 1.67. The first-order chi connectivity index (χ1) is 12.6. The molecule has 0 amide bonds. The predicted octanol–water partition coefficient (Wildman–Crippen LogP) is 4.31. The number of esters is 1. The molecule has 5 heteroatoms. The third-order valence-electron chi connectivity index (χ3n) is 4.13. The van der Waals surface area contributed by atoms with E-state index in [1.807, 2.05) is 25.1 Å². The van der Waals surface area contributed by atoms with Crippen LogP contribution in [0.3, 0.4) is 0 Å². The average molecular weight is 351 g/mol.